The fraction of sp³-hybridized carbons (Fsp3) is 0.200. The van der Waals surface area contributed by atoms with E-state index in [9.17, 15) is 5.26 Å². The number of rotatable bonds is 5. The Morgan fingerprint density at radius 1 is 1.21 bits per heavy atom. The number of aromatic nitrogens is 5. The van der Waals surface area contributed by atoms with E-state index >= 15 is 0 Å². The van der Waals surface area contributed by atoms with Crippen molar-refractivity contribution in [2.24, 2.45) is 0 Å². The first-order valence-electron chi connectivity index (χ1n) is 9.14. The monoisotopic (exact) mass is 370 g/mol. The van der Waals surface area contributed by atoms with Crippen molar-refractivity contribution >= 4 is 22.8 Å². The summed E-state index contributed by atoms with van der Waals surface area (Å²) >= 11 is 0. The van der Waals surface area contributed by atoms with Gasteiger partial charge in [0.25, 0.3) is 0 Å². The number of fused-ring (bicyclic) bond motifs is 1. The van der Waals surface area contributed by atoms with Crippen molar-refractivity contribution in [2.75, 3.05) is 10.6 Å². The smallest absolute Gasteiger partial charge is 0.178 e. The number of benzene rings is 1. The lowest BCUT2D eigenvalue weighted by atomic mass is 10.2. The summed E-state index contributed by atoms with van der Waals surface area (Å²) in [5.74, 6) is 1.56. The molecule has 1 aliphatic rings. The Bertz CT molecular complexity index is 1210. The molecule has 0 spiro atoms. The van der Waals surface area contributed by atoms with Crippen molar-refractivity contribution in [1.82, 2.24) is 24.1 Å². The number of imidazole rings is 2. The van der Waals surface area contributed by atoms with E-state index in [4.69, 9.17) is 0 Å². The van der Waals surface area contributed by atoms with Gasteiger partial charge in [-0.1, -0.05) is 6.07 Å². The average molecular weight is 370 g/mol. The van der Waals surface area contributed by atoms with E-state index in [1.807, 2.05) is 48.0 Å². The molecule has 4 aromatic rings. The van der Waals surface area contributed by atoms with Gasteiger partial charge in [0.1, 0.15) is 11.9 Å². The number of hydrogen-bond donors (Lipinski definition) is 2. The molecule has 0 bridgehead atoms. The molecule has 3 aromatic heterocycles. The van der Waals surface area contributed by atoms with E-state index in [0.29, 0.717) is 23.2 Å². The fourth-order valence-corrected chi connectivity index (χ4v) is 3.19. The Kier molecular flexibility index (Phi) is 3.72. The van der Waals surface area contributed by atoms with E-state index in [0.717, 1.165) is 35.7 Å². The van der Waals surface area contributed by atoms with Gasteiger partial charge >= 0.3 is 0 Å². The third-order valence-electron chi connectivity index (χ3n) is 4.74. The molecule has 28 heavy (non-hydrogen) atoms. The SMILES string of the molecule is Cc1nccn1-c1cccc(Nc2cc(NC3CC3)c3ncc(C#N)n3n2)c1. The maximum atomic E-state index is 9.36. The van der Waals surface area contributed by atoms with Crippen LogP contribution < -0.4 is 10.6 Å². The minimum Gasteiger partial charge on any atom is -0.379 e. The van der Waals surface area contributed by atoms with Gasteiger partial charge in [0.15, 0.2) is 17.2 Å². The van der Waals surface area contributed by atoms with Crippen molar-refractivity contribution in [2.45, 2.75) is 25.8 Å². The second kappa shape index (κ2) is 6.39. The number of nitriles is 1. The number of anilines is 3. The highest BCUT2D eigenvalue weighted by molar-refractivity contribution is 5.73. The number of aryl methyl sites for hydroxylation is 1. The van der Waals surface area contributed by atoms with Crippen LogP contribution in [-0.2, 0) is 0 Å². The Morgan fingerprint density at radius 2 is 2.11 bits per heavy atom. The Labute approximate surface area is 161 Å². The van der Waals surface area contributed by atoms with Gasteiger partial charge in [0.2, 0.25) is 0 Å². The molecule has 0 saturated heterocycles. The average Bonchev–Trinajstić information content (AvgIpc) is 3.24. The number of nitrogens with one attached hydrogen (secondary N) is 2. The number of hydrogen-bond acceptors (Lipinski definition) is 6. The van der Waals surface area contributed by atoms with Crippen LogP contribution in [0.15, 0.2) is 48.9 Å². The molecule has 1 saturated carbocycles. The van der Waals surface area contributed by atoms with Gasteiger partial charge in [0.05, 0.1) is 11.9 Å². The predicted molar refractivity (Wildman–Crippen MR) is 106 cm³/mol. The fourth-order valence-electron chi connectivity index (χ4n) is 3.19. The highest BCUT2D eigenvalue weighted by Crippen LogP contribution is 2.29. The first kappa shape index (κ1) is 16.3. The van der Waals surface area contributed by atoms with Crippen molar-refractivity contribution in [3.05, 3.63) is 60.4 Å². The van der Waals surface area contributed by atoms with E-state index < -0.39 is 0 Å². The summed E-state index contributed by atoms with van der Waals surface area (Å²) in [5.41, 5.74) is 3.85. The zero-order chi connectivity index (χ0) is 19.1. The van der Waals surface area contributed by atoms with Crippen LogP contribution in [0.25, 0.3) is 11.3 Å². The van der Waals surface area contributed by atoms with Crippen LogP contribution >= 0.6 is 0 Å². The van der Waals surface area contributed by atoms with Crippen molar-refractivity contribution in [3.8, 4) is 11.8 Å². The van der Waals surface area contributed by atoms with Crippen molar-refractivity contribution in [1.29, 1.82) is 5.26 Å². The molecule has 0 aliphatic heterocycles. The lowest BCUT2D eigenvalue weighted by Crippen LogP contribution is -2.08. The lowest BCUT2D eigenvalue weighted by molar-refractivity contribution is 0.924. The highest BCUT2D eigenvalue weighted by atomic mass is 15.3. The molecule has 1 aromatic carbocycles. The van der Waals surface area contributed by atoms with Crippen LogP contribution in [-0.4, -0.2) is 30.2 Å². The molecule has 0 atom stereocenters. The molecule has 8 nitrogen and oxygen atoms in total. The molecule has 0 radical (unpaired) electrons. The van der Waals surface area contributed by atoms with Crippen molar-refractivity contribution in [3.63, 3.8) is 0 Å². The first-order valence-corrected chi connectivity index (χ1v) is 9.14. The summed E-state index contributed by atoms with van der Waals surface area (Å²) in [5, 5.41) is 20.7. The zero-order valence-electron chi connectivity index (χ0n) is 15.3. The van der Waals surface area contributed by atoms with Gasteiger partial charge in [0, 0.05) is 35.9 Å². The van der Waals surface area contributed by atoms with Gasteiger partial charge in [-0.05, 0) is 38.0 Å². The van der Waals surface area contributed by atoms with Gasteiger partial charge in [-0.2, -0.15) is 9.78 Å². The van der Waals surface area contributed by atoms with E-state index in [1.165, 1.54) is 0 Å². The molecular weight excluding hydrogens is 352 g/mol. The Morgan fingerprint density at radius 3 is 2.86 bits per heavy atom. The standard InChI is InChI=1S/C20H18N8/c1-13-22-7-8-27(13)16-4-2-3-15(9-16)25-19-10-18(24-14-5-6-14)20-23-12-17(11-21)28(20)26-19/h2-4,7-10,12,14,24H,5-6H2,1H3,(H,25,26). The third-order valence-corrected chi connectivity index (χ3v) is 4.74. The lowest BCUT2D eigenvalue weighted by Gasteiger charge is -2.12. The van der Waals surface area contributed by atoms with Crippen LogP contribution in [0.4, 0.5) is 17.2 Å². The highest BCUT2D eigenvalue weighted by Gasteiger charge is 2.23. The topological polar surface area (TPSA) is 95.9 Å². The second-order valence-corrected chi connectivity index (χ2v) is 6.87. The summed E-state index contributed by atoms with van der Waals surface area (Å²) in [7, 11) is 0. The molecule has 0 amide bonds. The predicted octanol–water partition coefficient (Wildman–Crippen LogP) is 3.41. The minimum absolute atomic E-state index is 0.403. The molecule has 5 rings (SSSR count). The molecule has 138 valence electrons. The van der Waals surface area contributed by atoms with Gasteiger partial charge < -0.3 is 15.2 Å². The molecule has 2 N–H and O–H groups in total. The molecule has 0 unspecified atom stereocenters. The van der Waals surface area contributed by atoms with E-state index in [2.05, 4.69) is 31.8 Å². The third kappa shape index (κ3) is 2.93. The molecular formula is C20H18N8. The number of nitrogens with zero attached hydrogens (tertiary/aromatic N) is 6. The summed E-state index contributed by atoms with van der Waals surface area (Å²) in [6, 6.07) is 12.6. The van der Waals surface area contributed by atoms with Crippen LogP contribution in [0.1, 0.15) is 24.4 Å². The summed E-state index contributed by atoms with van der Waals surface area (Å²) in [4.78, 5) is 8.63. The van der Waals surface area contributed by atoms with Gasteiger partial charge in [-0.25, -0.2) is 9.97 Å². The molecule has 1 fully saturated rings. The molecule has 3 heterocycles. The van der Waals surface area contributed by atoms with Crippen LogP contribution in [0, 0.1) is 18.3 Å². The molecule has 1 aliphatic carbocycles. The summed E-state index contributed by atoms with van der Waals surface area (Å²) in [6.45, 7) is 1.97. The quantitative estimate of drug-likeness (QED) is 0.559. The summed E-state index contributed by atoms with van der Waals surface area (Å²) < 4.78 is 3.60. The summed E-state index contributed by atoms with van der Waals surface area (Å²) in [6.07, 6.45) is 7.56. The maximum absolute atomic E-state index is 9.36. The van der Waals surface area contributed by atoms with E-state index in [1.54, 1.807) is 16.9 Å². The first-order chi connectivity index (χ1) is 13.7. The van der Waals surface area contributed by atoms with Crippen LogP contribution in [0.5, 0.6) is 0 Å². The van der Waals surface area contributed by atoms with Gasteiger partial charge in [-0.15, -0.1) is 5.10 Å². The van der Waals surface area contributed by atoms with Crippen LogP contribution in [0.3, 0.4) is 0 Å². The van der Waals surface area contributed by atoms with Crippen molar-refractivity contribution < 1.29 is 0 Å². The van der Waals surface area contributed by atoms with E-state index in [-0.39, 0.29) is 0 Å². The normalized spacial score (nSPS) is 13.4. The Hall–Kier alpha value is -3.86. The largest absolute Gasteiger partial charge is 0.379 e. The maximum Gasteiger partial charge on any atom is 0.178 e. The second-order valence-electron chi connectivity index (χ2n) is 6.87. The zero-order valence-corrected chi connectivity index (χ0v) is 15.3. The van der Waals surface area contributed by atoms with Gasteiger partial charge in [-0.3, -0.25) is 0 Å². The Balaban J connectivity index is 1.53. The minimum atomic E-state index is 0.403. The van der Waals surface area contributed by atoms with Crippen LogP contribution in [0.2, 0.25) is 0 Å². The molecule has 8 heteroatoms.